The summed E-state index contributed by atoms with van der Waals surface area (Å²) in [5.41, 5.74) is 1.93. The summed E-state index contributed by atoms with van der Waals surface area (Å²) in [5.74, 6) is 1.29. The minimum atomic E-state index is -4.50. The highest BCUT2D eigenvalue weighted by Crippen LogP contribution is 2.39. The molecule has 3 aromatic heterocycles. The molecule has 5 rings (SSSR count). The van der Waals surface area contributed by atoms with Gasteiger partial charge >= 0.3 is 12.2 Å². The Hall–Kier alpha value is -3.54. The lowest BCUT2D eigenvalue weighted by atomic mass is 9.93. The third-order valence-electron chi connectivity index (χ3n) is 7.06. The van der Waals surface area contributed by atoms with Crippen molar-refractivity contribution in [1.82, 2.24) is 29.8 Å². The molecule has 0 aromatic carbocycles. The first-order valence-electron chi connectivity index (χ1n) is 12.8. The number of nitrogens with zero attached hydrogens (tertiary/aromatic N) is 7. The van der Waals surface area contributed by atoms with Gasteiger partial charge in [0.2, 0.25) is 0 Å². The molecular weight excluding hydrogens is 497 g/mol. The quantitative estimate of drug-likeness (QED) is 0.468. The highest BCUT2D eigenvalue weighted by atomic mass is 19.4. The Morgan fingerprint density at radius 1 is 1.05 bits per heavy atom. The Labute approximate surface area is 219 Å². The largest absolute Gasteiger partial charge is 0.462 e. The van der Waals surface area contributed by atoms with E-state index in [0.717, 1.165) is 54.7 Å². The average molecular weight is 529 g/mol. The van der Waals surface area contributed by atoms with E-state index in [1.54, 1.807) is 12.4 Å². The molecule has 3 aromatic rings. The third-order valence-corrected chi connectivity index (χ3v) is 7.06. The van der Waals surface area contributed by atoms with E-state index >= 15 is 0 Å². The maximum absolute atomic E-state index is 13.0. The Balaban J connectivity index is 1.47. The smallest absolute Gasteiger partial charge is 0.433 e. The first-order valence-corrected chi connectivity index (χ1v) is 12.8. The maximum Gasteiger partial charge on any atom is 0.433 e. The predicted molar refractivity (Wildman–Crippen MR) is 137 cm³/mol. The van der Waals surface area contributed by atoms with E-state index in [9.17, 15) is 13.2 Å². The molecule has 0 aliphatic carbocycles. The Morgan fingerprint density at radius 3 is 2.50 bits per heavy atom. The van der Waals surface area contributed by atoms with Crippen molar-refractivity contribution in [3.05, 3.63) is 53.4 Å². The van der Waals surface area contributed by atoms with E-state index in [1.807, 2.05) is 13.8 Å². The molecule has 0 spiro atoms. The number of anilines is 3. The SMILES string of the molecule is Cc1nccnc1N1C(C)Cc2c(Nc3ccc(C(F)(F)F)nc3)nc(OCCN3CCCC3)nc2C1C. The molecule has 1 saturated heterocycles. The zero-order chi connectivity index (χ0) is 26.9. The summed E-state index contributed by atoms with van der Waals surface area (Å²) in [6.07, 6.45) is 2.98. The van der Waals surface area contributed by atoms with E-state index in [0.29, 0.717) is 24.5 Å². The van der Waals surface area contributed by atoms with Crippen LogP contribution in [-0.2, 0) is 12.6 Å². The standard InChI is InChI=1S/C26H31F3N8O/c1-16-14-20-22(18(3)37(16)24-17(2)30-8-9-31-24)34-25(38-13-12-36-10-4-5-11-36)35-23(20)33-19-6-7-21(32-15-19)26(27,28)29/h6-9,15-16,18H,4-5,10-14H2,1-3H3,(H,33,34,35). The number of aromatic nitrogens is 5. The second-order valence-corrected chi connectivity index (χ2v) is 9.77. The summed E-state index contributed by atoms with van der Waals surface area (Å²) in [6, 6.07) is 2.41. The van der Waals surface area contributed by atoms with Crippen LogP contribution in [0.25, 0.3) is 0 Å². The van der Waals surface area contributed by atoms with Gasteiger partial charge in [-0.1, -0.05) is 0 Å². The topological polar surface area (TPSA) is 92.2 Å². The third kappa shape index (κ3) is 5.50. The Morgan fingerprint density at radius 2 is 1.82 bits per heavy atom. The number of hydrogen-bond acceptors (Lipinski definition) is 9. The molecule has 2 atom stereocenters. The van der Waals surface area contributed by atoms with Crippen LogP contribution in [0.15, 0.2) is 30.7 Å². The molecule has 2 aliphatic heterocycles. The molecule has 5 heterocycles. The highest BCUT2D eigenvalue weighted by Gasteiger charge is 2.36. The second kappa shape index (κ2) is 10.7. The van der Waals surface area contributed by atoms with Crippen LogP contribution in [0.1, 0.15) is 55.4 Å². The summed E-state index contributed by atoms with van der Waals surface area (Å²) in [7, 11) is 0. The van der Waals surface area contributed by atoms with Gasteiger partial charge in [-0.15, -0.1) is 0 Å². The first-order chi connectivity index (χ1) is 18.2. The Kier molecular flexibility index (Phi) is 7.33. The lowest BCUT2D eigenvalue weighted by Gasteiger charge is -2.41. The highest BCUT2D eigenvalue weighted by molar-refractivity contribution is 5.63. The molecule has 1 fully saturated rings. The van der Waals surface area contributed by atoms with Crippen molar-refractivity contribution in [2.75, 3.05) is 36.5 Å². The van der Waals surface area contributed by atoms with Crippen LogP contribution in [0.3, 0.4) is 0 Å². The van der Waals surface area contributed by atoms with Crippen molar-refractivity contribution in [3.63, 3.8) is 0 Å². The van der Waals surface area contributed by atoms with Gasteiger partial charge in [-0.2, -0.15) is 23.1 Å². The van der Waals surface area contributed by atoms with E-state index in [2.05, 4.69) is 42.0 Å². The van der Waals surface area contributed by atoms with Crippen LogP contribution in [-0.4, -0.2) is 62.1 Å². The fraction of sp³-hybridized carbons (Fsp3) is 0.500. The summed E-state index contributed by atoms with van der Waals surface area (Å²) >= 11 is 0. The van der Waals surface area contributed by atoms with Crippen molar-refractivity contribution in [2.24, 2.45) is 0 Å². The van der Waals surface area contributed by atoms with Gasteiger partial charge in [0.25, 0.3) is 0 Å². The molecule has 0 saturated carbocycles. The number of ether oxygens (including phenoxy) is 1. The Bertz CT molecular complexity index is 1260. The normalized spacial score (nSPS) is 19.9. The van der Waals surface area contributed by atoms with Crippen LogP contribution in [0, 0.1) is 6.92 Å². The number of alkyl halides is 3. The fourth-order valence-electron chi connectivity index (χ4n) is 5.19. The number of nitrogens with one attached hydrogen (secondary N) is 1. The maximum atomic E-state index is 13.0. The summed E-state index contributed by atoms with van der Waals surface area (Å²) in [5, 5.41) is 3.17. The second-order valence-electron chi connectivity index (χ2n) is 9.77. The van der Waals surface area contributed by atoms with Gasteiger partial charge in [0.05, 0.1) is 29.3 Å². The van der Waals surface area contributed by atoms with Gasteiger partial charge < -0.3 is 15.0 Å². The van der Waals surface area contributed by atoms with E-state index in [1.165, 1.54) is 18.9 Å². The van der Waals surface area contributed by atoms with Crippen molar-refractivity contribution in [1.29, 1.82) is 0 Å². The van der Waals surface area contributed by atoms with Crippen LogP contribution in [0.2, 0.25) is 0 Å². The van der Waals surface area contributed by atoms with Crippen molar-refractivity contribution in [3.8, 4) is 6.01 Å². The molecule has 0 bridgehead atoms. The van der Waals surface area contributed by atoms with Gasteiger partial charge in [0.15, 0.2) is 5.82 Å². The number of halogens is 3. The van der Waals surface area contributed by atoms with Crippen LogP contribution >= 0.6 is 0 Å². The number of rotatable bonds is 7. The summed E-state index contributed by atoms with van der Waals surface area (Å²) in [4.78, 5) is 26.5. The molecular formula is C26H31F3N8O. The van der Waals surface area contributed by atoms with Crippen molar-refractivity contribution >= 4 is 17.3 Å². The number of likely N-dealkylation sites (tertiary alicyclic amines) is 1. The molecule has 202 valence electrons. The molecule has 2 unspecified atom stereocenters. The van der Waals surface area contributed by atoms with Gasteiger partial charge in [-0.05, 0) is 65.3 Å². The molecule has 9 nitrogen and oxygen atoms in total. The predicted octanol–water partition coefficient (Wildman–Crippen LogP) is 4.72. The molecule has 1 N–H and O–H groups in total. The fourth-order valence-corrected chi connectivity index (χ4v) is 5.19. The number of hydrogen-bond donors (Lipinski definition) is 1. The molecule has 2 aliphatic rings. The van der Waals surface area contributed by atoms with Crippen LogP contribution < -0.4 is 15.0 Å². The van der Waals surface area contributed by atoms with Gasteiger partial charge in [0.1, 0.15) is 18.1 Å². The molecule has 0 radical (unpaired) electrons. The van der Waals surface area contributed by atoms with E-state index < -0.39 is 11.9 Å². The molecule has 0 amide bonds. The first kappa shape index (κ1) is 26.1. The zero-order valence-corrected chi connectivity index (χ0v) is 21.7. The molecule has 12 heteroatoms. The van der Waals surface area contributed by atoms with Crippen LogP contribution in [0.4, 0.5) is 30.5 Å². The van der Waals surface area contributed by atoms with Gasteiger partial charge in [-0.25, -0.2) is 9.97 Å². The lowest BCUT2D eigenvalue weighted by molar-refractivity contribution is -0.141. The monoisotopic (exact) mass is 528 g/mol. The summed E-state index contributed by atoms with van der Waals surface area (Å²) < 4.78 is 45.0. The lowest BCUT2D eigenvalue weighted by Crippen LogP contribution is -2.43. The number of pyridine rings is 1. The van der Waals surface area contributed by atoms with Gasteiger partial charge in [0, 0.05) is 30.5 Å². The van der Waals surface area contributed by atoms with Crippen LogP contribution in [0.5, 0.6) is 6.01 Å². The minimum absolute atomic E-state index is 0.0460. The van der Waals surface area contributed by atoms with E-state index in [4.69, 9.17) is 9.72 Å². The number of aryl methyl sites for hydroxylation is 1. The van der Waals surface area contributed by atoms with E-state index in [-0.39, 0.29) is 18.1 Å². The molecule has 38 heavy (non-hydrogen) atoms. The summed E-state index contributed by atoms with van der Waals surface area (Å²) in [6.45, 7) is 9.41. The minimum Gasteiger partial charge on any atom is -0.462 e. The zero-order valence-electron chi connectivity index (χ0n) is 21.7. The number of fused-ring (bicyclic) bond motifs is 1. The average Bonchev–Trinajstić information content (AvgIpc) is 3.39. The van der Waals surface area contributed by atoms with Crippen molar-refractivity contribution < 1.29 is 17.9 Å². The van der Waals surface area contributed by atoms with Crippen molar-refractivity contribution in [2.45, 2.75) is 58.3 Å². The van der Waals surface area contributed by atoms with Gasteiger partial charge in [-0.3, -0.25) is 9.88 Å².